The first-order chi connectivity index (χ1) is 19.8. The number of carbonyl (C=O) groups excluding carboxylic acids is 3. The topological polar surface area (TPSA) is 109 Å². The Kier molecular flexibility index (Phi) is 10.1. The Labute approximate surface area is 247 Å². The summed E-state index contributed by atoms with van der Waals surface area (Å²) in [5, 5.41) is 8.42. The lowest BCUT2D eigenvalue weighted by atomic mass is 10.2. The zero-order chi connectivity index (χ0) is 29.2. The number of halogens is 1. The SMILES string of the molecule is COc1ccc(Cl)cc1NC(=O)C(C)Sc1ccc(NC(=O)/C(=C/c2cccnc2)NC(=O)c2ccccc2)cc1. The van der Waals surface area contributed by atoms with E-state index in [9.17, 15) is 14.4 Å². The number of carbonyl (C=O) groups is 3. The van der Waals surface area contributed by atoms with Crippen LogP contribution in [0.2, 0.25) is 5.02 Å². The number of benzene rings is 3. The molecule has 0 spiro atoms. The molecule has 1 aromatic heterocycles. The second kappa shape index (κ2) is 14.2. The van der Waals surface area contributed by atoms with Gasteiger partial charge in [-0.05, 0) is 79.2 Å². The number of ether oxygens (including phenoxy) is 1. The lowest BCUT2D eigenvalue weighted by Gasteiger charge is -2.15. The van der Waals surface area contributed by atoms with Crippen LogP contribution in [0.3, 0.4) is 0 Å². The first kappa shape index (κ1) is 29.4. The van der Waals surface area contributed by atoms with E-state index in [1.807, 2.05) is 0 Å². The molecule has 0 fully saturated rings. The van der Waals surface area contributed by atoms with Gasteiger partial charge < -0.3 is 20.7 Å². The summed E-state index contributed by atoms with van der Waals surface area (Å²) in [6, 6.07) is 24.2. The molecule has 10 heteroatoms. The Morgan fingerprint density at radius 1 is 0.951 bits per heavy atom. The van der Waals surface area contributed by atoms with Gasteiger partial charge in [-0.15, -0.1) is 11.8 Å². The molecule has 0 aliphatic carbocycles. The van der Waals surface area contributed by atoms with E-state index in [2.05, 4.69) is 20.9 Å². The van der Waals surface area contributed by atoms with E-state index in [0.717, 1.165) is 4.90 Å². The third-order valence-electron chi connectivity index (χ3n) is 5.74. The maximum atomic E-state index is 13.2. The van der Waals surface area contributed by atoms with Crippen molar-refractivity contribution in [3.05, 3.63) is 119 Å². The summed E-state index contributed by atoms with van der Waals surface area (Å²) in [7, 11) is 1.52. The van der Waals surface area contributed by atoms with Crippen molar-refractivity contribution in [1.29, 1.82) is 0 Å². The highest BCUT2D eigenvalue weighted by atomic mass is 35.5. The smallest absolute Gasteiger partial charge is 0.272 e. The minimum absolute atomic E-state index is 0.0621. The highest BCUT2D eigenvalue weighted by Gasteiger charge is 2.18. The fraction of sp³-hybridized carbons (Fsp3) is 0.0968. The number of anilines is 2. The van der Waals surface area contributed by atoms with Gasteiger partial charge in [-0.1, -0.05) is 35.9 Å². The molecule has 3 aromatic carbocycles. The van der Waals surface area contributed by atoms with Crippen molar-refractivity contribution in [2.45, 2.75) is 17.1 Å². The predicted octanol–water partition coefficient (Wildman–Crippen LogP) is 6.27. The van der Waals surface area contributed by atoms with Crippen LogP contribution in [0.25, 0.3) is 6.08 Å². The van der Waals surface area contributed by atoms with E-state index in [1.54, 1.807) is 110 Å². The fourth-order valence-corrected chi connectivity index (χ4v) is 4.70. The molecule has 208 valence electrons. The number of pyridine rings is 1. The van der Waals surface area contributed by atoms with Gasteiger partial charge in [0.1, 0.15) is 11.4 Å². The highest BCUT2D eigenvalue weighted by Crippen LogP contribution is 2.30. The van der Waals surface area contributed by atoms with Gasteiger partial charge in [-0.2, -0.15) is 0 Å². The van der Waals surface area contributed by atoms with Crippen molar-refractivity contribution in [3.8, 4) is 5.75 Å². The van der Waals surface area contributed by atoms with Crippen LogP contribution in [0, 0.1) is 0 Å². The monoisotopic (exact) mass is 586 g/mol. The number of methoxy groups -OCH3 is 1. The summed E-state index contributed by atoms with van der Waals surface area (Å²) in [6.45, 7) is 1.79. The number of thioether (sulfide) groups is 1. The second-order valence-electron chi connectivity index (χ2n) is 8.74. The molecule has 0 saturated heterocycles. The molecule has 1 atom stereocenters. The normalized spacial score (nSPS) is 11.7. The third-order valence-corrected chi connectivity index (χ3v) is 7.08. The van der Waals surface area contributed by atoms with Gasteiger partial charge in [-0.25, -0.2) is 0 Å². The molecular weight excluding hydrogens is 560 g/mol. The molecule has 4 aromatic rings. The zero-order valence-electron chi connectivity index (χ0n) is 22.3. The Bertz CT molecular complexity index is 1550. The van der Waals surface area contributed by atoms with Gasteiger partial charge in [0.25, 0.3) is 11.8 Å². The lowest BCUT2D eigenvalue weighted by molar-refractivity contribution is -0.115. The van der Waals surface area contributed by atoms with Crippen LogP contribution in [-0.2, 0) is 9.59 Å². The Morgan fingerprint density at radius 2 is 1.71 bits per heavy atom. The van der Waals surface area contributed by atoms with E-state index in [-0.39, 0.29) is 11.6 Å². The molecular formula is C31H27ClN4O4S. The maximum absolute atomic E-state index is 13.2. The molecule has 4 rings (SSSR count). The molecule has 3 N–H and O–H groups in total. The number of rotatable bonds is 10. The van der Waals surface area contributed by atoms with E-state index < -0.39 is 17.1 Å². The van der Waals surface area contributed by atoms with Crippen LogP contribution in [0.5, 0.6) is 5.75 Å². The van der Waals surface area contributed by atoms with Crippen LogP contribution in [-0.4, -0.2) is 35.1 Å². The van der Waals surface area contributed by atoms with Crippen LogP contribution in [0.1, 0.15) is 22.8 Å². The van der Waals surface area contributed by atoms with Crippen molar-refractivity contribution < 1.29 is 19.1 Å². The highest BCUT2D eigenvalue weighted by molar-refractivity contribution is 8.00. The van der Waals surface area contributed by atoms with Gasteiger partial charge in [0.15, 0.2) is 0 Å². The maximum Gasteiger partial charge on any atom is 0.272 e. The predicted molar refractivity (Wildman–Crippen MR) is 163 cm³/mol. The van der Waals surface area contributed by atoms with Crippen LogP contribution >= 0.6 is 23.4 Å². The molecule has 0 saturated carbocycles. The van der Waals surface area contributed by atoms with Crippen molar-refractivity contribution in [1.82, 2.24) is 10.3 Å². The average molecular weight is 587 g/mol. The van der Waals surface area contributed by atoms with Crippen molar-refractivity contribution in [2.75, 3.05) is 17.7 Å². The molecule has 0 aliphatic rings. The first-order valence-corrected chi connectivity index (χ1v) is 13.8. The van der Waals surface area contributed by atoms with E-state index >= 15 is 0 Å². The molecule has 0 aliphatic heterocycles. The lowest BCUT2D eigenvalue weighted by Crippen LogP contribution is -2.30. The van der Waals surface area contributed by atoms with E-state index in [1.165, 1.54) is 18.9 Å². The van der Waals surface area contributed by atoms with Gasteiger partial charge in [0, 0.05) is 33.6 Å². The van der Waals surface area contributed by atoms with Crippen LogP contribution < -0.4 is 20.7 Å². The van der Waals surface area contributed by atoms with Crippen molar-refractivity contribution >= 4 is 58.5 Å². The molecule has 41 heavy (non-hydrogen) atoms. The zero-order valence-corrected chi connectivity index (χ0v) is 23.8. The third kappa shape index (κ3) is 8.44. The van der Waals surface area contributed by atoms with E-state index in [4.69, 9.17) is 16.3 Å². The fourth-order valence-electron chi connectivity index (χ4n) is 3.66. The Morgan fingerprint density at radius 3 is 2.39 bits per heavy atom. The Hall–Kier alpha value is -4.60. The molecule has 1 unspecified atom stereocenters. The largest absolute Gasteiger partial charge is 0.495 e. The summed E-state index contributed by atoms with van der Waals surface area (Å²) in [5.74, 6) is -0.615. The van der Waals surface area contributed by atoms with Gasteiger partial charge in [0.2, 0.25) is 5.91 Å². The Balaban J connectivity index is 1.41. The van der Waals surface area contributed by atoms with Crippen LogP contribution in [0.4, 0.5) is 11.4 Å². The standard InChI is InChI=1S/C31H27ClN4O4S/c1-20(29(37)35-26-18-23(32)10-15-28(26)40-2)41-25-13-11-24(12-14-25)34-31(39)27(17-21-7-6-16-33-19-21)36-30(38)22-8-4-3-5-9-22/h3-20H,1-2H3,(H,34,39)(H,35,37)(H,36,38)/b27-17-. The van der Waals surface area contributed by atoms with Gasteiger partial charge in [0.05, 0.1) is 18.0 Å². The summed E-state index contributed by atoms with van der Waals surface area (Å²) < 4.78 is 5.29. The summed E-state index contributed by atoms with van der Waals surface area (Å²) in [5.41, 5.74) is 2.15. The first-order valence-electron chi connectivity index (χ1n) is 12.5. The summed E-state index contributed by atoms with van der Waals surface area (Å²) >= 11 is 7.42. The van der Waals surface area contributed by atoms with E-state index in [0.29, 0.717) is 33.3 Å². The summed E-state index contributed by atoms with van der Waals surface area (Å²) in [6.07, 6.45) is 4.77. The van der Waals surface area contributed by atoms with Gasteiger partial charge in [-0.3, -0.25) is 19.4 Å². The van der Waals surface area contributed by atoms with Crippen molar-refractivity contribution in [3.63, 3.8) is 0 Å². The number of hydrogen-bond donors (Lipinski definition) is 3. The minimum Gasteiger partial charge on any atom is -0.495 e. The minimum atomic E-state index is -0.498. The van der Waals surface area contributed by atoms with Crippen LogP contribution in [0.15, 0.2) is 108 Å². The average Bonchev–Trinajstić information content (AvgIpc) is 2.98. The second-order valence-corrected chi connectivity index (χ2v) is 10.6. The molecule has 0 radical (unpaired) electrons. The van der Waals surface area contributed by atoms with Crippen molar-refractivity contribution in [2.24, 2.45) is 0 Å². The quantitative estimate of drug-likeness (QED) is 0.149. The summed E-state index contributed by atoms with van der Waals surface area (Å²) in [4.78, 5) is 43.7. The van der Waals surface area contributed by atoms with Gasteiger partial charge >= 0.3 is 0 Å². The molecule has 3 amide bonds. The number of hydrogen-bond acceptors (Lipinski definition) is 6. The molecule has 0 bridgehead atoms. The number of nitrogens with zero attached hydrogens (tertiary/aromatic N) is 1. The molecule has 8 nitrogen and oxygen atoms in total. The number of amides is 3. The number of aromatic nitrogens is 1. The number of nitrogens with one attached hydrogen (secondary N) is 3. The molecule has 1 heterocycles.